The van der Waals surface area contributed by atoms with Crippen molar-refractivity contribution in [1.82, 2.24) is 74.4 Å². The zero-order chi connectivity index (χ0) is 91.6. The second kappa shape index (κ2) is 49.3. The molecule has 44 heteroatoms. The van der Waals surface area contributed by atoms with Crippen molar-refractivity contribution in [3.63, 3.8) is 0 Å². The molecule has 122 heavy (non-hydrogen) atoms. The number of hydrogen-bond acceptors (Lipinski definition) is 25. The van der Waals surface area contributed by atoms with E-state index in [4.69, 9.17) is 11.5 Å². The van der Waals surface area contributed by atoms with Crippen LogP contribution in [0.4, 0.5) is 0 Å². The van der Waals surface area contributed by atoms with Crippen molar-refractivity contribution >= 4 is 167 Å². The van der Waals surface area contributed by atoms with Gasteiger partial charge in [-0.3, -0.25) is 91.1 Å². The summed E-state index contributed by atoms with van der Waals surface area (Å²) in [5.74, 6) is -25.3. The van der Waals surface area contributed by atoms with E-state index < -0.39 is 278 Å². The number of phenols is 1. The molecular formula is C78H104N16O25S3. The minimum absolute atomic E-state index is 0.224. The summed E-state index contributed by atoms with van der Waals surface area (Å²) in [6, 6.07) is -0.502. The fraction of sp³-hybridized carbons (Fsp3) is 0.462. The van der Waals surface area contributed by atoms with Crippen LogP contribution in [0.5, 0.6) is 5.75 Å². The van der Waals surface area contributed by atoms with E-state index >= 15 is 0 Å². The maximum atomic E-state index is 14.8. The molecule has 0 radical (unpaired) electrons. The van der Waals surface area contributed by atoms with Crippen molar-refractivity contribution in [3.05, 3.63) is 114 Å². The predicted molar refractivity (Wildman–Crippen MR) is 445 cm³/mol. The molecule has 0 saturated carbocycles. The summed E-state index contributed by atoms with van der Waals surface area (Å²) >= 11 is 12.2. The average Bonchev–Trinajstić information content (AvgIpc) is 0.814. The van der Waals surface area contributed by atoms with Gasteiger partial charge >= 0.3 is 23.9 Å². The van der Waals surface area contributed by atoms with Crippen molar-refractivity contribution in [1.29, 1.82) is 0 Å². The van der Waals surface area contributed by atoms with Gasteiger partial charge in [-0.1, -0.05) is 106 Å². The first-order valence-electron chi connectivity index (χ1n) is 38.0. The molecule has 0 aliphatic heterocycles. The lowest BCUT2D eigenvalue weighted by Gasteiger charge is -2.32. The summed E-state index contributed by atoms with van der Waals surface area (Å²) in [7, 11) is 0. The van der Waals surface area contributed by atoms with Crippen LogP contribution in [0.15, 0.2) is 97.1 Å². The second-order valence-electron chi connectivity index (χ2n) is 29.6. The van der Waals surface area contributed by atoms with Crippen LogP contribution in [0.25, 0.3) is 10.8 Å². The van der Waals surface area contributed by atoms with E-state index in [1.54, 1.807) is 60.7 Å². The summed E-state index contributed by atoms with van der Waals surface area (Å²) in [4.78, 5) is 270. The van der Waals surface area contributed by atoms with Gasteiger partial charge < -0.3 is 111 Å². The lowest BCUT2D eigenvalue weighted by Crippen LogP contribution is -2.62. The van der Waals surface area contributed by atoms with Crippen LogP contribution in [0.3, 0.4) is 0 Å². The Bertz CT molecular complexity index is 4480. The van der Waals surface area contributed by atoms with Gasteiger partial charge in [0.15, 0.2) is 0 Å². The number of primary amides is 1. The predicted octanol–water partition coefficient (Wildman–Crippen LogP) is -4.27. The molecule has 0 spiro atoms. The van der Waals surface area contributed by atoms with Crippen LogP contribution in [-0.4, -0.2) is 252 Å². The molecule has 4 aromatic carbocycles. The van der Waals surface area contributed by atoms with Crippen LogP contribution in [-0.2, 0) is 115 Å². The number of rotatable bonds is 50. The number of phenolic OH excluding ortho intramolecular Hbond substituents is 1. The monoisotopic (exact) mass is 1760 g/mol. The normalized spacial score (nSPS) is 14.8. The van der Waals surface area contributed by atoms with Crippen molar-refractivity contribution in [2.24, 2.45) is 16.9 Å². The fourth-order valence-electron chi connectivity index (χ4n) is 11.7. The van der Waals surface area contributed by atoms with E-state index in [9.17, 15) is 121 Å². The molecule has 0 heterocycles. The third-order valence-corrected chi connectivity index (χ3v) is 19.5. The third-order valence-electron chi connectivity index (χ3n) is 18.4. The maximum Gasteiger partial charge on any atom is 0.327 e. The first-order valence-corrected chi connectivity index (χ1v) is 39.9. The summed E-state index contributed by atoms with van der Waals surface area (Å²) < 4.78 is 0. The number of carboxylic acids is 4. The first kappa shape index (κ1) is 102. The number of fused-ring (bicyclic) bond motifs is 1. The average molecular weight is 1760 g/mol. The Morgan fingerprint density at radius 2 is 0.713 bits per heavy atom. The largest absolute Gasteiger partial charge is 0.508 e. The lowest BCUT2D eigenvalue weighted by molar-refractivity contribution is -0.143. The smallest absolute Gasteiger partial charge is 0.327 e. The van der Waals surface area contributed by atoms with Crippen LogP contribution in [0.2, 0.25) is 0 Å². The van der Waals surface area contributed by atoms with Crippen LogP contribution in [0.1, 0.15) is 110 Å². The highest BCUT2D eigenvalue weighted by atomic mass is 32.1. The summed E-state index contributed by atoms with van der Waals surface area (Å²) in [5, 5.41) is 83.4. The minimum atomic E-state index is -2.01. The molecule has 41 nitrogen and oxygen atoms in total. The molecule has 0 aromatic heterocycles. The van der Waals surface area contributed by atoms with Gasteiger partial charge in [-0.2, -0.15) is 37.9 Å². The zero-order valence-electron chi connectivity index (χ0n) is 67.5. The van der Waals surface area contributed by atoms with Gasteiger partial charge in [0.1, 0.15) is 96.1 Å². The number of carbonyl (C=O) groups is 20. The van der Waals surface area contributed by atoms with E-state index in [-0.39, 0.29) is 29.2 Å². The molecule has 4 rings (SSSR count). The molecule has 0 fully saturated rings. The second-order valence-corrected chi connectivity index (χ2v) is 30.7. The maximum absolute atomic E-state index is 14.8. The van der Waals surface area contributed by atoms with E-state index in [1.165, 1.54) is 71.0 Å². The van der Waals surface area contributed by atoms with Crippen LogP contribution in [0, 0.1) is 5.41 Å². The first-order chi connectivity index (χ1) is 57.2. The molecule has 15 amide bonds. The molecule has 4 aromatic rings. The van der Waals surface area contributed by atoms with Gasteiger partial charge in [-0.15, -0.1) is 0 Å². The van der Waals surface area contributed by atoms with Gasteiger partial charge in [0.05, 0.1) is 18.9 Å². The molecule has 15 atom stereocenters. The number of amides is 15. The topological polar surface area (TPSA) is 663 Å². The molecule has 23 N–H and O–H groups in total. The summed E-state index contributed by atoms with van der Waals surface area (Å²) in [5.41, 5.74) is 10.9. The van der Waals surface area contributed by atoms with Gasteiger partial charge in [0.2, 0.25) is 88.6 Å². The van der Waals surface area contributed by atoms with Gasteiger partial charge in [-0.05, 0) is 85.5 Å². The van der Waals surface area contributed by atoms with E-state index in [2.05, 4.69) is 112 Å². The van der Waals surface area contributed by atoms with E-state index in [0.717, 1.165) is 13.8 Å². The number of aromatic hydroxyl groups is 1. The van der Waals surface area contributed by atoms with Crippen LogP contribution < -0.4 is 85.9 Å². The summed E-state index contributed by atoms with van der Waals surface area (Å²) in [6.07, 6.45) is -7.21. The summed E-state index contributed by atoms with van der Waals surface area (Å²) in [6.45, 7) is 9.16. The number of carboxylic acid groups (broad SMARTS) is 4. The number of thiol groups is 3. The Kier molecular flexibility index (Phi) is 41.2. The number of nitrogens with two attached hydrogens (primary N) is 2. The molecule has 0 aliphatic carbocycles. The SMILES string of the molecule is CC(=O)C[C@H](NC(=O)[C@H](CCC(=O)O)NC(=O)[C@H](CS)NC(=O)[C@@H](C)NC(=O)[C@H](Cc1cccc2ccccc12)NC(=O)[C@H](CCC(=O)O)NC(=O)[C@H](CC(N)=O)NC(=O)[C@@H](C)NC(=O)[C@H](CS)NC(=O)[C@H](C)N)C(=O)N[C@@H](Cc1ccccc1)C(=O)N[C@@H](Cc1ccc(O)cc1)C(=O)N[C@@H](CC(=O)O)C(=O)N[C@H](C(=O)N[C@@H](CS)C(=O)O)C(C)(C)C. The van der Waals surface area contributed by atoms with Crippen molar-refractivity contribution in [3.8, 4) is 5.75 Å². The number of Topliss-reactive ketones (excluding diaryl/α,β-unsaturated/α-hetero) is 1. The highest BCUT2D eigenvalue weighted by Crippen LogP contribution is 2.23. The highest BCUT2D eigenvalue weighted by Gasteiger charge is 2.41. The van der Waals surface area contributed by atoms with Crippen molar-refractivity contribution in [2.45, 2.75) is 203 Å². The molecule has 0 saturated heterocycles. The molecule has 0 unspecified atom stereocenters. The van der Waals surface area contributed by atoms with Crippen molar-refractivity contribution < 1.29 is 121 Å². The van der Waals surface area contributed by atoms with Gasteiger partial charge in [0, 0.05) is 55.8 Å². The minimum Gasteiger partial charge on any atom is -0.508 e. The number of hydrogen-bond donors (Lipinski definition) is 24. The van der Waals surface area contributed by atoms with Crippen molar-refractivity contribution in [2.75, 3.05) is 17.3 Å². The number of ketones is 1. The number of aliphatic carboxylic acids is 4. The molecule has 0 bridgehead atoms. The van der Waals surface area contributed by atoms with E-state index in [1.807, 2.05) is 0 Å². The molecular weight excluding hydrogens is 1660 g/mol. The van der Waals surface area contributed by atoms with Gasteiger partial charge in [-0.25, -0.2) is 4.79 Å². The van der Waals surface area contributed by atoms with E-state index in [0.29, 0.717) is 21.9 Å². The highest BCUT2D eigenvalue weighted by molar-refractivity contribution is 7.80. The third kappa shape index (κ3) is 34.3. The quantitative estimate of drug-likeness (QED) is 0.0186. The number of carbonyl (C=O) groups excluding carboxylic acids is 16. The lowest BCUT2D eigenvalue weighted by atomic mass is 9.85. The number of benzene rings is 4. The van der Waals surface area contributed by atoms with Crippen LogP contribution >= 0.6 is 37.9 Å². The molecule has 664 valence electrons. The fourth-order valence-corrected chi connectivity index (χ4v) is 12.5. The zero-order valence-corrected chi connectivity index (χ0v) is 70.2. The Hall–Kier alpha value is -12.5. The number of nitrogens with one attached hydrogen (secondary N) is 14. The molecule has 0 aliphatic rings. The Labute approximate surface area is 716 Å². The standard InChI is InChI=1S/C78H104N16O25S3/c1-37(95)28-49(69(110)87-50(29-41-14-9-8-10-15-41)70(111)88-51(30-42-20-22-45(96)23-21-42)71(112)90-54(33-61(102)103)73(114)94-62(78(5,6)7)76(117)93-57(36-122)77(118)119)86-66(107)48(25-27-60(100)101)84-75(116)56(35-121)92-65(106)40(4)81-68(109)52(31-44-18-13-17-43-16-11-12-19-46(43)44)89-67(108)47(24-26-59(98)99)83-72(113)53(32-58(80)97)85-64(105)39(3)82-74(115)55(34-120)91-63(104)38(2)79/h8-23,38-40,47-57,62,96,120-122H,24-36,79H2,1-7H3,(H2,80,97)(H,81,109)(H,82,115)(H,83,113)(H,84,116)(H,85,105)(H,86,107)(H,87,110)(H,88,111)(H,89,108)(H,90,112)(H,91,104)(H,92,106)(H,93,117)(H,94,114)(H,98,99)(H,100,101)(H,102,103)(H,118,119)/t38-,39+,40+,47-,48-,49-,50-,51-,52-,53-,54-,55-,56-,57-,62+/m0/s1. The van der Waals surface area contributed by atoms with Gasteiger partial charge in [0.25, 0.3) is 0 Å². The Morgan fingerprint density at radius 3 is 1.16 bits per heavy atom. The Morgan fingerprint density at radius 1 is 0.361 bits per heavy atom. The Balaban J connectivity index is 1.64.